The summed E-state index contributed by atoms with van der Waals surface area (Å²) in [6, 6.07) is 58.7. The van der Waals surface area contributed by atoms with E-state index in [-0.39, 0.29) is 6.04 Å². The van der Waals surface area contributed by atoms with Gasteiger partial charge < -0.3 is 4.57 Å². The summed E-state index contributed by atoms with van der Waals surface area (Å²) in [5.41, 5.74) is 12.0. The number of allylic oxidation sites excluding steroid dienone is 4. The summed E-state index contributed by atoms with van der Waals surface area (Å²) >= 11 is 0. The van der Waals surface area contributed by atoms with Crippen LogP contribution in [0.4, 0.5) is 0 Å². The van der Waals surface area contributed by atoms with Crippen molar-refractivity contribution in [1.29, 1.82) is 0 Å². The molecule has 0 amide bonds. The minimum Gasteiger partial charge on any atom is -0.333 e. The van der Waals surface area contributed by atoms with Crippen LogP contribution < -0.4 is 0 Å². The predicted octanol–water partition coefficient (Wildman–Crippen LogP) is 13.7. The van der Waals surface area contributed by atoms with Crippen molar-refractivity contribution in [3.8, 4) is 56.2 Å². The van der Waals surface area contributed by atoms with E-state index in [0.717, 1.165) is 45.4 Å². The van der Waals surface area contributed by atoms with Crippen LogP contribution in [0.2, 0.25) is 0 Å². The smallest absolute Gasteiger partial charge is 0.160 e. The molecule has 0 saturated heterocycles. The molecule has 3 aromatic heterocycles. The fourth-order valence-electron chi connectivity index (χ4n) is 8.82. The topological polar surface area (TPSA) is 43.6 Å². The van der Waals surface area contributed by atoms with Crippen molar-refractivity contribution in [3.63, 3.8) is 0 Å². The highest BCUT2D eigenvalue weighted by atomic mass is 15.0. The van der Waals surface area contributed by atoms with Crippen LogP contribution in [-0.4, -0.2) is 19.5 Å². The van der Waals surface area contributed by atoms with Crippen molar-refractivity contribution >= 4 is 43.4 Å². The van der Waals surface area contributed by atoms with E-state index < -0.39 is 0 Å². The third-order valence-electron chi connectivity index (χ3n) is 11.4. The fourth-order valence-corrected chi connectivity index (χ4v) is 8.82. The molecule has 4 heteroatoms. The summed E-state index contributed by atoms with van der Waals surface area (Å²) in [5.74, 6) is 0.686. The fraction of sp³-hybridized carbons (Fsp3) is 0.0377. The van der Waals surface area contributed by atoms with Gasteiger partial charge in [-0.25, -0.2) is 9.97 Å². The molecule has 57 heavy (non-hydrogen) atoms. The SMILES string of the molecule is C1=CCC(n2c3ccncc3c3cc(-c4cc(-c5ccccc5)nc(-c5cccc(-c6c7ccccc7c(-c7ccccc7)c7ccccc67)c5)n4)ccc32)C=C1. The maximum Gasteiger partial charge on any atom is 0.160 e. The van der Waals surface area contributed by atoms with Gasteiger partial charge in [0, 0.05) is 45.4 Å². The van der Waals surface area contributed by atoms with Crippen molar-refractivity contribution in [3.05, 3.63) is 200 Å². The molecule has 10 aromatic rings. The third kappa shape index (κ3) is 5.65. The Kier molecular flexibility index (Phi) is 7.92. The van der Waals surface area contributed by atoms with E-state index in [4.69, 9.17) is 9.97 Å². The first kappa shape index (κ1) is 33.0. The zero-order valence-corrected chi connectivity index (χ0v) is 31.1. The monoisotopic (exact) mass is 728 g/mol. The first-order valence-electron chi connectivity index (χ1n) is 19.5. The van der Waals surface area contributed by atoms with E-state index in [1.807, 2.05) is 18.5 Å². The minimum atomic E-state index is 0.245. The zero-order chi connectivity index (χ0) is 37.7. The lowest BCUT2D eigenvalue weighted by Gasteiger charge is -2.18. The van der Waals surface area contributed by atoms with Gasteiger partial charge in [-0.3, -0.25) is 4.98 Å². The Hall–Kier alpha value is -7.43. The number of pyridine rings is 1. The van der Waals surface area contributed by atoms with E-state index in [2.05, 4.69) is 192 Å². The van der Waals surface area contributed by atoms with Crippen molar-refractivity contribution in [1.82, 2.24) is 19.5 Å². The van der Waals surface area contributed by atoms with Crippen LogP contribution in [0.25, 0.3) is 99.5 Å². The molecule has 0 aliphatic heterocycles. The normalized spacial score (nSPS) is 13.9. The highest BCUT2D eigenvalue weighted by Crippen LogP contribution is 2.44. The van der Waals surface area contributed by atoms with Gasteiger partial charge in [0.25, 0.3) is 0 Å². The first-order valence-corrected chi connectivity index (χ1v) is 19.5. The number of hydrogen-bond acceptors (Lipinski definition) is 3. The van der Waals surface area contributed by atoms with Gasteiger partial charge >= 0.3 is 0 Å². The van der Waals surface area contributed by atoms with Crippen LogP contribution in [-0.2, 0) is 0 Å². The summed E-state index contributed by atoms with van der Waals surface area (Å²) in [6.07, 6.45) is 13.6. The Morgan fingerprint density at radius 2 is 1.04 bits per heavy atom. The Morgan fingerprint density at radius 1 is 0.439 bits per heavy atom. The highest BCUT2D eigenvalue weighted by molar-refractivity contribution is 6.21. The molecular formula is C53H36N4. The lowest BCUT2D eigenvalue weighted by Crippen LogP contribution is -2.06. The van der Waals surface area contributed by atoms with Gasteiger partial charge in [-0.2, -0.15) is 0 Å². The molecule has 1 atom stereocenters. The molecule has 0 fully saturated rings. The number of aromatic nitrogens is 4. The minimum absolute atomic E-state index is 0.245. The molecule has 7 aromatic carbocycles. The van der Waals surface area contributed by atoms with Crippen molar-refractivity contribution in [2.24, 2.45) is 0 Å². The highest BCUT2D eigenvalue weighted by Gasteiger charge is 2.20. The van der Waals surface area contributed by atoms with Gasteiger partial charge in [0.15, 0.2) is 5.82 Å². The number of fused-ring (bicyclic) bond motifs is 5. The number of benzene rings is 7. The van der Waals surface area contributed by atoms with E-state index >= 15 is 0 Å². The maximum atomic E-state index is 5.34. The number of rotatable bonds is 6. The van der Waals surface area contributed by atoms with Crippen LogP contribution in [0, 0.1) is 0 Å². The molecule has 4 nitrogen and oxygen atoms in total. The molecule has 11 rings (SSSR count). The predicted molar refractivity (Wildman–Crippen MR) is 237 cm³/mol. The van der Waals surface area contributed by atoms with Gasteiger partial charge in [0.05, 0.1) is 22.9 Å². The molecule has 1 aliphatic rings. The van der Waals surface area contributed by atoms with Crippen LogP contribution in [0.5, 0.6) is 0 Å². The molecule has 0 spiro atoms. The molecule has 3 heterocycles. The van der Waals surface area contributed by atoms with Gasteiger partial charge in [-0.1, -0.05) is 158 Å². The van der Waals surface area contributed by atoms with Crippen molar-refractivity contribution < 1.29 is 0 Å². The molecule has 0 N–H and O–H groups in total. The lowest BCUT2D eigenvalue weighted by atomic mass is 9.85. The number of hydrogen-bond donors (Lipinski definition) is 0. The molecule has 268 valence electrons. The van der Waals surface area contributed by atoms with Crippen LogP contribution in [0.1, 0.15) is 12.5 Å². The molecular weight excluding hydrogens is 693 g/mol. The molecule has 0 bridgehead atoms. The largest absolute Gasteiger partial charge is 0.333 e. The summed E-state index contributed by atoms with van der Waals surface area (Å²) in [4.78, 5) is 15.1. The quantitative estimate of drug-likeness (QED) is 0.160. The maximum absolute atomic E-state index is 5.34. The standard InChI is InChI=1S/C53H36N4/c1-4-15-35(16-5-1)47-33-48(37-27-28-49-45(32-37)46-34-54-30-29-50(46)57(49)40-21-8-3-9-22-40)56-53(55-47)39-20-14-19-38(31-39)52-43-25-12-10-23-41(43)51(36-17-6-2-7-18-36)42-24-11-13-26-44(42)52/h1-21,23-34,40H,22H2. The second kappa shape index (κ2) is 13.7. The van der Waals surface area contributed by atoms with E-state index in [1.165, 1.54) is 54.7 Å². The lowest BCUT2D eigenvalue weighted by molar-refractivity contribution is 0.648. The summed E-state index contributed by atoms with van der Waals surface area (Å²) in [7, 11) is 0. The van der Waals surface area contributed by atoms with Gasteiger partial charge in [-0.15, -0.1) is 0 Å². The zero-order valence-electron chi connectivity index (χ0n) is 31.1. The number of nitrogens with zero attached hydrogens (tertiary/aromatic N) is 4. The van der Waals surface area contributed by atoms with Gasteiger partial charge in [0.1, 0.15) is 0 Å². The van der Waals surface area contributed by atoms with Crippen LogP contribution in [0.3, 0.4) is 0 Å². The molecule has 0 saturated carbocycles. The summed E-state index contributed by atoms with van der Waals surface area (Å²) < 4.78 is 2.45. The second-order valence-corrected chi connectivity index (χ2v) is 14.7. The van der Waals surface area contributed by atoms with E-state index in [0.29, 0.717) is 5.82 Å². The van der Waals surface area contributed by atoms with Gasteiger partial charge in [0.2, 0.25) is 0 Å². The van der Waals surface area contributed by atoms with E-state index in [1.54, 1.807) is 0 Å². The van der Waals surface area contributed by atoms with Crippen molar-refractivity contribution in [2.75, 3.05) is 0 Å². The van der Waals surface area contributed by atoms with E-state index in [9.17, 15) is 0 Å². The van der Waals surface area contributed by atoms with Crippen molar-refractivity contribution in [2.45, 2.75) is 12.5 Å². The Bertz CT molecular complexity index is 3150. The molecule has 0 radical (unpaired) electrons. The summed E-state index contributed by atoms with van der Waals surface area (Å²) in [6.45, 7) is 0. The molecule has 1 unspecified atom stereocenters. The Labute approximate surface area is 330 Å². The Morgan fingerprint density at radius 3 is 1.72 bits per heavy atom. The second-order valence-electron chi connectivity index (χ2n) is 14.7. The Balaban J connectivity index is 1.10. The van der Waals surface area contributed by atoms with Crippen LogP contribution >= 0.6 is 0 Å². The van der Waals surface area contributed by atoms with Gasteiger partial charge in [-0.05, 0) is 80.6 Å². The summed E-state index contributed by atoms with van der Waals surface area (Å²) in [5, 5.41) is 7.20. The van der Waals surface area contributed by atoms with Crippen LogP contribution in [0.15, 0.2) is 200 Å². The average molecular weight is 729 g/mol. The average Bonchev–Trinajstić information content (AvgIpc) is 3.62. The molecule has 1 aliphatic carbocycles. The first-order chi connectivity index (χ1) is 28.3. The third-order valence-corrected chi connectivity index (χ3v) is 11.4.